The Kier molecular flexibility index (Phi) is 4.52. The molecule has 7 heteroatoms. The van der Waals surface area contributed by atoms with Gasteiger partial charge < -0.3 is 15.5 Å². The number of urea groups is 1. The SMILES string of the molecule is CN(C(=O)Nc1ccc([N+](=O)[O-])cc1)C1CCNCC1. The van der Waals surface area contributed by atoms with E-state index in [0.717, 1.165) is 25.9 Å². The van der Waals surface area contributed by atoms with E-state index < -0.39 is 4.92 Å². The Balaban J connectivity index is 1.94. The zero-order valence-corrected chi connectivity index (χ0v) is 11.3. The van der Waals surface area contributed by atoms with E-state index >= 15 is 0 Å². The molecule has 0 bridgehead atoms. The van der Waals surface area contributed by atoms with Gasteiger partial charge in [-0.2, -0.15) is 0 Å². The highest BCUT2D eigenvalue weighted by Gasteiger charge is 2.21. The molecule has 0 saturated carbocycles. The second-order valence-electron chi connectivity index (χ2n) is 4.83. The number of non-ortho nitro benzene ring substituents is 1. The quantitative estimate of drug-likeness (QED) is 0.652. The summed E-state index contributed by atoms with van der Waals surface area (Å²) in [5.41, 5.74) is 0.566. The van der Waals surface area contributed by atoms with Gasteiger partial charge >= 0.3 is 6.03 Å². The minimum absolute atomic E-state index is 0.00899. The number of hydrogen-bond acceptors (Lipinski definition) is 4. The molecule has 1 aliphatic heterocycles. The van der Waals surface area contributed by atoms with Crippen LogP contribution in [0.2, 0.25) is 0 Å². The first-order valence-electron chi connectivity index (χ1n) is 6.57. The number of nitrogens with one attached hydrogen (secondary N) is 2. The summed E-state index contributed by atoms with van der Waals surface area (Å²) in [5, 5.41) is 16.6. The first kappa shape index (κ1) is 14.3. The predicted molar refractivity (Wildman–Crippen MR) is 75.8 cm³/mol. The molecule has 2 N–H and O–H groups in total. The molecule has 1 aromatic rings. The lowest BCUT2D eigenvalue weighted by molar-refractivity contribution is -0.384. The van der Waals surface area contributed by atoms with Gasteiger partial charge in [-0.25, -0.2) is 4.79 Å². The highest BCUT2D eigenvalue weighted by Crippen LogP contribution is 2.17. The van der Waals surface area contributed by atoms with E-state index in [1.165, 1.54) is 24.3 Å². The molecule has 0 unspecified atom stereocenters. The van der Waals surface area contributed by atoms with Crippen molar-refractivity contribution in [3.05, 3.63) is 34.4 Å². The van der Waals surface area contributed by atoms with Crippen LogP contribution in [0.25, 0.3) is 0 Å². The highest BCUT2D eigenvalue weighted by atomic mass is 16.6. The molecule has 108 valence electrons. The van der Waals surface area contributed by atoms with Gasteiger partial charge in [0.1, 0.15) is 0 Å². The molecular weight excluding hydrogens is 260 g/mol. The predicted octanol–water partition coefficient (Wildman–Crippen LogP) is 1.81. The number of nitrogens with zero attached hydrogens (tertiary/aromatic N) is 2. The van der Waals surface area contributed by atoms with Crippen LogP contribution in [0, 0.1) is 10.1 Å². The van der Waals surface area contributed by atoms with Gasteiger partial charge in [0, 0.05) is 30.9 Å². The third-order valence-electron chi connectivity index (χ3n) is 3.51. The summed E-state index contributed by atoms with van der Waals surface area (Å²) in [7, 11) is 1.77. The van der Waals surface area contributed by atoms with Crippen LogP contribution in [0.15, 0.2) is 24.3 Å². The Morgan fingerprint density at radius 3 is 2.50 bits per heavy atom. The molecule has 0 spiro atoms. The maximum atomic E-state index is 12.1. The number of nitro benzene ring substituents is 1. The molecule has 0 atom stereocenters. The molecule has 1 fully saturated rings. The summed E-state index contributed by atoms with van der Waals surface area (Å²) in [5.74, 6) is 0. The molecule has 0 aromatic heterocycles. The average Bonchev–Trinajstić information content (AvgIpc) is 2.48. The van der Waals surface area contributed by atoms with Gasteiger partial charge in [0.2, 0.25) is 0 Å². The summed E-state index contributed by atoms with van der Waals surface area (Å²) in [6.07, 6.45) is 1.87. The van der Waals surface area contributed by atoms with Gasteiger partial charge in [0.05, 0.1) is 4.92 Å². The van der Waals surface area contributed by atoms with Crippen LogP contribution in [-0.4, -0.2) is 42.0 Å². The van der Waals surface area contributed by atoms with E-state index in [4.69, 9.17) is 0 Å². The smallest absolute Gasteiger partial charge is 0.321 e. The van der Waals surface area contributed by atoms with Crippen molar-refractivity contribution >= 4 is 17.4 Å². The van der Waals surface area contributed by atoms with Crippen LogP contribution in [0.1, 0.15) is 12.8 Å². The maximum Gasteiger partial charge on any atom is 0.321 e. The van der Waals surface area contributed by atoms with Gasteiger partial charge in [-0.15, -0.1) is 0 Å². The lowest BCUT2D eigenvalue weighted by Gasteiger charge is -2.31. The van der Waals surface area contributed by atoms with E-state index in [9.17, 15) is 14.9 Å². The largest absolute Gasteiger partial charge is 0.325 e. The van der Waals surface area contributed by atoms with Crippen LogP contribution in [-0.2, 0) is 0 Å². The van der Waals surface area contributed by atoms with Crippen LogP contribution >= 0.6 is 0 Å². The minimum atomic E-state index is -0.466. The summed E-state index contributed by atoms with van der Waals surface area (Å²) in [6, 6.07) is 5.86. The number of carbonyl (C=O) groups excluding carboxylic acids is 1. The molecule has 7 nitrogen and oxygen atoms in total. The Hall–Kier alpha value is -2.15. The number of nitro groups is 1. The number of benzene rings is 1. The van der Waals surface area contributed by atoms with Gasteiger partial charge in [0.15, 0.2) is 0 Å². The van der Waals surface area contributed by atoms with Crippen molar-refractivity contribution in [2.75, 3.05) is 25.5 Å². The van der Waals surface area contributed by atoms with Gasteiger partial charge in [0.25, 0.3) is 5.69 Å². The lowest BCUT2D eigenvalue weighted by Crippen LogP contribution is -2.45. The summed E-state index contributed by atoms with van der Waals surface area (Å²) < 4.78 is 0. The van der Waals surface area contributed by atoms with E-state index in [1.807, 2.05) is 0 Å². The summed E-state index contributed by atoms with van der Waals surface area (Å²) in [6.45, 7) is 1.83. The molecule has 1 saturated heterocycles. The fourth-order valence-corrected chi connectivity index (χ4v) is 2.24. The van der Waals surface area contributed by atoms with Crippen molar-refractivity contribution in [1.82, 2.24) is 10.2 Å². The van der Waals surface area contributed by atoms with Gasteiger partial charge in [-0.3, -0.25) is 10.1 Å². The number of rotatable bonds is 3. The highest BCUT2D eigenvalue weighted by molar-refractivity contribution is 5.89. The van der Waals surface area contributed by atoms with Crippen molar-refractivity contribution in [1.29, 1.82) is 0 Å². The molecule has 2 rings (SSSR count). The lowest BCUT2D eigenvalue weighted by atomic mass is 10.1. The summed E-state index contributed by atoms with van der Waals surface area (Å²) >= 11 is 0. The van der Waals surface area contributed by atoms with Gasteiger partial charge in [-0.05, 0) is 38.1 Å². The van der Waals surface area contributed by atoms with Crippen molar-refractivity contribution in [2.45, 2.75) is 18.9 Å². The van der Waals surface area contributed by atoms with Crippen molar-refractivity contribution in [2.24, 2.45) is 0 Å². The standard InChI is InChI=1S/C13H18N4O3/c1-16(11-6-8-14-9-7-11)13(18)15-10-2-4-12(5-3-10)17(19)20/h2-5,11,14H,6-9H2,1H3,(H,15,18). The Morgan fingerprint density at radius 2 is 1.95 bits per heavy atom. The minimum Gasteiger partial charge on any atom is -0.325 e. The fourth-order valence-electron chi connectivity index (χ4n) is 2.24. The normalized spacial score (nSPS) is 15.7. The van der Waals surface area contributed by atoms with E-state index in [0.29, 0.717) is 5.69 Å². The third kappa shape index (κ3) is 3.45. The number of hydrogen-bond donors (Lipinski definition) is 2. The molecule has 0 radical (unpaired) electrons. The molecular formula is C13H18N4O3. The average molecular weight is 278 g/mol. The third-order valence-corrected chi connectivity index (χ3v) is 3.51. The monoisotopic (exact) mass is 278 g/mol. The second kappa shape index (κ2) is 6.33. The summed E-state index contributed by atoms with van der Waals surface area (Å²) in [4.78, 5) is 23.9. The van der Waals surface area contributed by atoms with Crippen LogP contribution in [0.3, 0.4) is 0 Å². The van der Waals surface area contributed by atoms with Crippen molar-refractivity contribution in [3.8, 4) is 0 Å². The topological polar surface area (TPSA) is 87.5 Å². The van der Waals surface area contributed by atoms with Gasteiger partial charge in [-0.1, -0.05) is 0 Å². The van der Waals surface area contributed by atoms with Crippen LogP contribution < -0.4 is 10.6 Å². The molecule has 20 heavy (non-hydrogen) atoms. The first-order valence-corrected chi connectivity index (χ1v) is 6.57. The van der Waals surface area contributed by atoms with Crippen molar-refractivity contribution < 1.29 is 9.72 Å². The van der Waals surface area contributed by atoms with Crippen molar-refractivity contribution in [3.63, 3.8) is 0 Å². The number of amides is 2. The number of piperidine rings is 1. The number of carbonyl (C=O) groups is 1. The van der Waals surface area contributed by atoms with E-state index in [-0.39, 0.29) is 17.8 Å². The fraction of sp³-hybridized carbons (Fsp3) is 0.462. The molecule has 2 amide bonds. The zero-order chi connectivity index (χ0) is 14.5. The number of anilines is 1. The second-order valence-corrected chi connectivity index (χ2v) is 4.83. The van der Waals surface area contributed by atoms with E-state index in [2.05, 4.69) is 10.6 Å². The molecule has 1 heterocycles. The zero-order valence-electron chi connectivity index (χ0n) is 11.3. The first-order chi connectivity index (χ1) is 9.58. The Morgan fingerprint density at radius 1 is 1.35 bits per heavy atom. The Labute approximate surface area is 117 Å². The molecule has 1 aromatic carbocycles. The van der Waals surface area contributed by atoms with Crippen LogP contribution in [0.5, 0.6) is 0 Å². The molecule has 1 aliphatic rings. The van der Waals surface area contributed by atoms with Crippen LogP contribution in [0.4, 0.5) is 16.2 Å². The molecule has 0 aliphatic carbocycles. The maximum absolute atomic E-state index is 12.1. The Bertz CT molecular complexity index is 483. The van der Waals surface area contributed by atoms with E-state index in [1.54, 1.807) is 11.9 Å².